The molecular formula is C21H22F2N2O3. The number of hydrogen-bond donors (Lipinski definition) is 1. The summed E-state index contributed by atoms with van der Waals surface area (Å²) in [6.45, 7) is 1.58. The highest BCUT2D eigenvalue weighted by molar-refractivity contribution is 5.96. The predicted octanol–water partition coefficient (Wildman–Crippen LogP) is 4.24. The maximum absolute atomic E-state index is 13.8. The predicted molar refractivity (Wildman–Crippen MR) is 101 cm³/mol. The third-order valence-corrected chi connectivity index (χ3v) is 4.55. The van der Waals surface area contributed by atoms with Gasteiger partial charge in [0.1, 0.15) is 23.9 Å². The maximum Gasteiger partial charge on any atom is 0.181 e. The largest absolute Gasteiger partial charge is 0.485 e. The van der Waals surface area contributed by atoms with Crippen molar-refractivity contribution in [2.75, 3.05) is 6.61 Å². The number of carbonyl (C=O) groups is 1. The van der Waals surface area contributed by atoms with Crippen molar-refractivity contribution >= 4 is 11.4 Å². The highest BCUT2D eigenvalue weighted by Gasteiger charge is 2.19. The van der Waals surface area contributed by atoms with Gasteiger partial charge in [0.2, 0.25) is 0 Å². The number of nitrogens with zero attached hydrogens (tertiary/aromatic N) is 2. The first-order chi connectivity index (χ1) is 13.5. The SMILES string of the molecule is Cc1nc2c(OCc3c(F)cccc3F)cccn2c1C(=O)CCCCCO. The van der Waals surface area contributed by atoms with Gasteiger partial charge in [0.25, 0.3) is 0 Å². The zero-order chi connectivity index (χ0) is 20.1. The van der Waals surface area contributed by atoms with Crippen molar-refractivity contribution < 1.29 is 23.4 Å². The molecule has 148 valence electrons. The lowest BCUT2D eigenvalue weighted by Crippen LogP contribution is -2.06. The van der Waals surface area contributed by atoms with E-state index in [1.54, 1.807) is 29.7 Å². The van der Waals surface area contributed by atoms with Crippen molar-refractivity contribution in [3.05, 3.63) is 65.1 Å². The number of ether oxygens (including phenoxy) is 1. The molecule has 0 unspecified atom stereocenters. The van der Waals surface area contributed by atoms with Crippen LogP contribution in [0.15, 0.2) is 36.5 Å². The molecule has 0 aliphatic carbocycles. The Bertz CT molecular complexity index is 965. The Balaban J connectivity index is 1.83. The first kappa shape index (κ1) is 19.9. The molecule has 3 aromatic rings. The van der Waals surface area contributed by atoms with E-state index in [0.717, 1.165) is 6.42 Å². The Morgan fingerprint density at radius 3 is 2.61 bits per heavy atom. The number of rotatable bonds is 9. The molecular weight excluding hydrogens is 366 g/mol. The number of aliphatic hydroxyl groups is 1. The number of carbonyl (C=O) groups excluding carboxylic acids is 1. The van der Waals surface area contributed by atoms with Gasteiger partial charge in [0, 0.05) is 19.2 Å². The van der Waals surface area contributed by atoms with Gasteiger partial charge in [-0.3, -0.25) is 9.20 Å². The van der Waals surface area contributed by atoms with E-state index in [1.807, 2.05) is 0 Å². The van der Waals surface area contributed by atoms with Crippen LogP contribution in [0.2, 0.25) is 0 Å². The van der Waals surface area contributed by atoms with Gasteiger partial charge in [-0.05, 0) is 44.0 Å². The van der Waals surface area contributed by atoms with E-state index in [4.69, 9.17) is 9.84 Å². The van der Waals surface area contributed by atoms with Crippen molar-refractivity contribution in [3.8, 4) is 5.75 Å². The Morgan fingerprint density at radius 2 is 1.89 bits per heavy atom. The summed E-state index contributed by atoms with van der Waals surface area (Å²) in [5, 5.41) is 8.84. The number of pyridine rings is 1. The van der Waals surface area contributed by atoms with E-state index in [-0.39, 0.29) is 24.6 Å². The summed E-state index contributed by atoms with van der Waals surface area (Å²) in [5.74, 6) is -1.05. The molecule has 0 radical (unpaired) electrons. The summed E-state index contributed by atoms with van der Waals surface area (Å²) in [4.78, 5) is 17.0. The fourth-order valence-electron chi connectivity index (χ4n) is 3.12. The van der Waals surface area contributed by atoms with Crippen LogP contribution < -0.4 is 4.74 Å². The zero-order valence-electron chi connectivity index (χ0n) is 15.6. The number of hydrogen-bond acceptors (Lipinski definition) is 4. The molecule has 28 heavy (non-hydrogen) atoms. The average Bonchev–Trinajstić information content (AvgIpc) is 3.01. The molecule has 0 aliphatic rings. The van der Waals surface area contributed by atoms with Crippen molar-refractivity contribution in [1.29, 1.82) is 0 Å². The average molecular weight is 388 g/mol. The van der Waals surface area contributed by atoms with Crippen molar-refractivity contribution in [1.82, 2.24) is 9.38 Å². The molecule has 2 heterocycles. The van der Waals surface area contributed by atoms with Crippen molar-refractivity contribution in [2.24, 2.45) is 0 Å². The van der Waals surface area contributed by atoms with Crippen molar-refractivity contribution in [3.63, 3.8) is 0 Å². The van der Waals surface area contributed by atoms with E-state index in [2.05, 4.69) is 4.98 Å². The van der Waals surface area contributed by atoms with E-state index >= 15 is 0 Å². The minimum atomic E-state index is -0.676. The summed E-state index contributed by atoms with van der Waals surface area (Å²) in [7, 11) is 0. The number of benzene rings is 1. The highest BCUT2D eigenvalue weighted by atomic mass is 19.1. The molecule has 0 bridgehead atoms. The summed E-state index contributed by atoms with van der Waals surface area (Å²) < 4.78 is 34.9. The second-order valence-corrected chi connectivity index (χ2v) is 6.56. The number of Topliss-reactive ketones (excluding diaryl/α,β-unsaturated/α-hetero) is 1. The first-order valence-electron chi connectivity index (χ1n) is 9.20. The van der Waals surface area contributed by atoms with Gasteiger partial charge in [-0.15, -0.1) is 0 Å². The quantitative estimate of drug-likeness (QED) is 0.440. The lowest BCUT2D eigenvalue weighted by Gasteiger charge is -2.09. The molecule has 0 amide bonds. The fraction of sp³-hybridized carbons (Fsp3) is 0.333. The topological polar surface area (TPSA) is 63.8 Å². The second-order valence-electron chi connectivity index (χ2n) is 6.56. The number of aliphatic hydroxyl groups excluding tert-OH is 1. The van der Waals surface area contributed by atoms with Crippen molar-refractivity contribution in [2.45, 2.75) is 39.2 Å². The van der Waals surface area contributed by atoms with Gasteiger partial charge in [0.05, 0.1) is 11.3 Å². The Morgan fingerprint density at radius 1 is 1.14 bits per heavy atom. The molecule has 1 N–H and O–H groups in total. The standard InChI is InChI=1S/C21H22F2N2O3/c1-14-20(18(27)9-3-2-4-12-26)25-11-6-10-19(21(25)24-14)28-13-15-16(22)7-5-8-17(15)23/h5-8,10-11,26H,2-4,9,12-13H2,1H3. The van der Waals surface area contributed by atoms with Crippen LogP contribution in [-0.2, 0) is 6.61 Å². The monoisotopic (exact) mass is 388 g/mol. The number of ketones is 1. The molecule has 5 nitrogen and oxygen atoms in total. The minimum absolute atomic E-state index is 0.0414. The van der Waals surface area contributed by atoms with E-state index < -0.39 is 11.6 Å². The van der Waals surface area contributed by atoms with Crippen LogP contribution in [0.5, 0.6) is 5.75 Å². The molecule has 7 heteroatoms. The van der Waals surface area contributed by atoms with Crippen LogP contribution in [0.4, 0.5) is 8.78 Å². The molecule has 0 aliphatic heterocycles. The highest BCUT2D eigenvalue weighted by Crippen LogP contribution is 2.25. The van der Waals surface area contributed by atoms with Crippen LogP contribution >= 0.6 is 0 Å². The van der Waals surface area contributed by atoms with Gasteiger partial charge in [0.15, 0.2) is 17.2 Å². The summed E-state index contributed by atoms with van der Waals surface area (Å²) in [5.41, 5.74) is 1.31. The lowest BCUT2D eigenvalue weighted by molar-refractivity contribution is 0.0972. The first-order valence-corrected chi connectivity index (χ1v) is 9.20. The fourth-order valence-corrected chi connectivity index (χ4v) is 3.12. The van der Waals surface area contributed by atoms with E-state index in [0.29, 0.717) is 42.0 Å². The third kappa shape index (κ3) is 4.20. The van der Waals surface area contributed by atoms with Crippen LogP contribution in [0, 0.1) is 18.6 Å². The zero-order valence-corrected chi connectivity index (χ0v) is 15.6. The van der Waals surface area contributed by atoms with Gasteiger partial charge in [-0.2, -0.15) is 0 Å². The minimum Gasteiger partial charge on any atom is -0.485 e. The molecule has 3 rings (SSSR count). The summed E-state index contributed by atoms with van der Waals surface area (Å²) in [6.07, 6.45) is 4.21. The number of imidazole rings is 1. The van der Waals surface area contributed by atoms with Crippen LogP contribution in [0.1, 0.15) is 47.4 Å². The summed E-state index contributed by atoms with van der Waals surface area (Å²) >= 11 is 0. The smallest absolute Gasteiger partial charge is 0.181 e. The van der Waals surface area contributed by atoms with Crippen LogP contribution in [0.3, 0.4) is 0 Å². The van der Waals surface area contributed by atoms with E-state index in [1.165, 1.54) is 18.2 Å². The number of aryl methyl sites for hydroxylation is 1. The second kappa shape index (κ2) is 8.93. The Hall–Kier alpha value is -2.80. The van der Waals surface area contributed by atoms with Gasteiger partial charge < -0.3 is 9.84 Å². The molecule has 0 saturated carbocycles. The molecule has 0 atom stereocenters. The van der Waals surface area contributed by atoms with Crippen LogP contribution in [-0.4, -0.2) is 26.9 Å². The number of fused-ring (bicyclic) bond motifs is 1. The third-order valence-electron chi connectivity index (χ3n) is 4.55. The normalized spacial score (nSPS) is 11.1. The molecule has 0 fully saturated rings. The number of unbranched alkanes of at least 4 members (excludes halogenated alkanes) is 2. The number of aromatic nitrogens is 2. The van der Waals surface area contributed by atoms with Gasteiger partial charge in [-0.1, -0.05) is 12.5 Å². The van der Waals surface area contributed by atoms with Gasteiger partial charge in [-0.25, -0.2) is 13.8 Å². The summed E-state index contributed by atoms with van der Waals surface area (Å²) in [6, 6.07) is 7.00. The molecule has 1 aromatic carbocycles. The van der Waals surface area contributed by atoms with Gasteiger partial charge >= 0.3 is 0 Å². The maximum atomic E-state index is 13.8. The lowest BCUT2D eigenvalue weighted by atomic mass is 10.1. The Kier molecular flexibility index (Phi) is 6.36. The van der Waals surface area contributed by atoms with E-state index in [9.17, 15) is 13.6 Å². The Labute approximate surface area is 161 Å². The van der Waals surface area contributed by atoms with Crippen LogP contribution in [0.25, 0.3) is 5.65 Å². The number of halogens is 2. The molecule has 0 spiro atoms. The molecule has 0 saturated heterocycles. The molecule has 2 aromatic heterocycles.